The van der Waals surface area contributed by atoms with E-state index in [0.29, 0.717) is 45.0 Å². The van der Waals surface area contributed by atoms with Gasteiger partial charge in [-0.3, -0.25) is 9.78 Å². The summed E-state index contributed by atoms with van der Waals surface area (Å²) in [5.41, 5.74) is 7.97. The molecule has 1 aliphatic rings. The third-order valence-electron chi connectivity index (χ3n) is 4.51. The number of urea groups is 1. The third-order valence-corrected chi connectivity index (χ3v) is 4.51. The normalized spacial score (nSPS) is 14.0. The van der Waals surface area contributed by atoms with Crippen molar-refractivity contribution in [2.45, 2.75) is 13.1 Å². The number of Topliss-reactive ketones (excluding diaryl/α,β-unsaturated/α-hetero) is 1. The molecular formula is C20H24N4O3. The van der Waals surface area contributed by atoms with Crippen molar-refractivity contribution in [3.63, 3.8) is 0 Å². The molecule has 2 amide bonds. The summed E-state index contributed by atoms with van der Waals surface area (Å²) in [6.45, 7) is 3.24. The third kappa shape index (κ3) is 5.12. The Kier molecular flexibility index (Phi) is 6.51. The van der Waals surface area contributed by atoms with Crippen LogP contribution in [0.3, 0.4) is 0 Å². The van der Waals surface area contributed by atoms with Gasteiger partial charge in [0.25, 0.3) is 0 Å². The molecule has 3 rings (SSSR count). The number of hydrogen-bond donors (Lipinski definition) is 1. The van der Waals surface area contributed by atoms with Crippen LogP contribution in [-0.4, -0.2) is 59.4 Å². The molecule has 1 saturated heterocycles. The zero-order valence-corrected chi connectivity index (χ0v) is 15.2. The number of hydrogen-bond acceptors (Lipinski definition) is 5. The van der Waals surface area contributed by atoms with Crippen molar-refractivity contribution in [1.29, 1.82) is 0 Å². The highest BCUT2D eigenvalue weighted by Gasteiger charge is 2.23. The Morgan fingerprint density at radius 3 is 2.19 bits per heavy atom. The van der Waals surface area contributed by atoms with E-state index in [1.807, 2.05) is 29.2 Å². The number of pyridine rings is 1. The second kappa shape index (κ2) is 9.25. The minimum Gasteiger partial charge on any atom is -0.378 e. The molecule has 0 radical (unpaired) electrons. The van der Waals surface area contributed by atoms with Crippen LogP contribution in [0.25, 0.3) is 0 Å². The Morgan fingerprint density at radius 1 is 1.00 bits per heavy atom. The molecule has 0 aliphatic carbocycles. The fourth-order valence-electron chi connectivity index (χ4n) is 2.99. The number of rotatable bonds is 6. The van der Waals surface area contributed by atoms with Crippen LogP contribution < -0.4 is 5.73 Å². The fraction of sp³-hybridized carbons (Fsp3) is 0.350. The lowest BCUT2D eigenvalue weighted by Crippen LogP contribution is -2.47. The summed E-state index contributed by atoms with van der Waals surface area (Å²) in [4.78, 5) is 32.4. The standard InChI is InChI=1S/C20H24N4O3/c21-13-19(25)18-3-1-16(2-4-18)14-24(15-17-5-7-22-8-6-17)20(26)23-9-11-27-12-10-23/h1-8H,9-15,21H2. The highest BCUT2D eigenvalue weighted by Crippen LogP contribution is 2.14. The van der Waals surface area contributed by atoms with Gasteiger partial charge in [-0.25, -0.2) is 4.79 Å². The molecule has 1 fully saturated rings. The van der Waals surface area contributed by atoms with Gasteiger partial charge in [-0.2, -0.15) is 0 Å². The summed E-state index contributed by atoms with van der Waals surface area (Å²) in [5, 5.41) is 0. The zero-order valence-electron chi connectivity index (χ0n) is 15.2. The quantitative estimate of drug-likeness (QED) is 0.784. The summed E-state index contributed by atoms with van der Waals surface area (Å²) >= 11 is 0. The van der Waals surface area contributed by atoms with Gasteiger partial charge in [0.1, 0.15) is 0 Å². The Morgan fingerprint density at radius 2 is 1.59 bits per heavy atom. The number of ketones is 1. The molecule has 0 atom stereocenters. The van der Waals surface area contributed by atoms with Gasteiger partial charge in [0.2, 0.25) is 0 Å². The van der Waals surface area contributed by atoms with Crippen LogP contribution in [0.4, 0.5) is 4.79 Å². The molecular weight excluding hydrogens is 344 g/mol. The van der Waals surface area contributed by atoms with Gasteiger partial charge < -0.3 is 20.3 Å². The van der Waals surface area contributed by atoms with E-state index >= 15 is 0 Å². The lowest BCUT2D eigenvalue weighted by molar-refractivity contribution is 0.0418. The number of aromatic nitrogens is 1. The first-order valence-electron chi connectivity index (χ1n) is 9.00. The highest BCUT2D eigenvalue weighted by atomic mass is 16.5. The largest absolute Gasteiger partial charge is 0.378 e. The molecule has 2 N–H and O–H groups in total. The van der Waals surface area contributed by atoms with E-state index in [-0.39, 0.29) is 18.4 Å². The first-order chi connectivity index (χ1) is 13.2. The van der Waals surface area contributed by atoms with E-state index in [1.165, 1.54) is 0 Å². The maximum atomic E-state index is 13.0. The van der Waals surface area contributed by atoms with Crippen LogP contribution in [0.15, 0.2) is 48.8 Å². The number of amides is 2. The van der Waals surface area contributed by atoms with E-state index < -0.39 is 0 Å². The average Bonchev–Trinajstić information content (AvgIpc) is 2.74. The molecule has 1 aromatic carbocycles. The molecule has 27 heavy (non-hydrogen) atoms. The van der Waals surface area contributed by atoms with Crippen LogP contribution in [-0.2, 0) is 17.8 Å². The lowest BCUT2D eigenvalue weighted by Gasteiger charge is -2.33. The van der Waals surface area contributed by atoms with Crippen LogP contribution in [0.5, 0.6) is 0 Å². The number of benzene rings is 1. The van der Waals surface area contributed by atoms with E-state index in [2.05, 4.69) is 4.98 Å². The maximum absolute atomic E-state index is 13.0. The van der Waals surface area contributed by atoms with Gasteiger partial charge in [0.05, 0.1) is 19.8 Å². The van der Waals surface area contributed by atoms with Crippen molar-refractivity contribution < 1.29 is 14.3 Å². The summed E-state index contributed by atoms with van der Waals surface area (Å²) in [7, 11) is 0. The number of ether oxygens (including phenoxy) is 1. The van der Waals surface area contributed by atoms with Crippen molar-refractivity contribution in [2.24, 2.45) is 5.73 Å². The van der Waals surface area contributed by atoms with E-state index in [9.17, 15) is 9.59 Å². The molecule has 1 aliphatic heterocycles. The van der Waals surface area contributed by atoms with Gasteiger partial charge in [0, 0.05) is 44.1 Å². The predicted octanol–water partition coefficient (Wildman–Crippen LogP) is 1.68. The Labute approximate surface area is 158 Å². The van der Waals surface area contributed by atoms with Gasteiger partial charge in [-0.15, -0.1) is 0 Å². The van der Waals surface area contributed by atoms with Gasteiger partial charge in [0.15, 0.2) is 5.78 Å². The van der Waals surface area contributed by atoms with E-state index in [1.54, 1.807) is 29.4 Å². The summed E-state index contributed by atoms with van der Waals surface area (Å²) in [6.07, 6.45) is 3.44. The molecule has 7 nitrogen and oxygen atoms in total. The Hall–Kier alpha value is -2.77. The first kappa shape index (κ1) is 19.0. The second-order valence-corrected chi connectivity index (χ2v) is 6.42. The van der Waals surface area contributed by atoms with Crippen molar-refractivity contribution in [2.75, 3.05) is 32.8 Å². The summed E-state index contributed by atoms with van der Waals surface area (Å²) in [6, 6.07) is 11.1. The molecule has 0 unspecified atom stereocenters. The SMILES string of the molecule is NCC(=O)c1ccc(CN(Cc2ccncc2)C(=O)N2CCOCC2)cc1. The Bertz CT molecular complexity index is 759. The molecule has 142 valence electrons. The molecule has 7 heteroatoms. The number of carbonyl (C=O) groups is 2. The summed E-state index contributed by atoms with van der Waals surface area (Å²) in [5.74, 6) is -0.0976. The first-order valence-corrected chi connectivity index (χ1v) is 9.00. The van der Waals surface area contributed by atoms with Crippen LogP contribution in [0.1, 0.15) is 21.5 Å². The highest BCUT2D eigenvalue weighted by molar-refractivity contribution is 5.97. The molecule has 2 heterocycles. The van der Waals surface area contributed by atoms with E-state index in [0.717, 1.165) is 11.1 Å². The van der Waals surface area contributed by atoms with Crippen molar-refractivity contribution >= 4 is 11.8 Å². The van der Waals surface area contributed by atoms with Gasteiger partial charge >= 0.3 is 6.03 Å². The molecule has 1 aromatic heterocycles. The Balaban J connectivity index is 1.76. The maximum Gasteiger partial charge on any atom is 0.320 e. The van der Waals surface area contributed by atoms with Crippen molar-refractivity contribution in [3.05, 3.63) is 65.5 Å². The molecule has 0 spiro atoms. The number of nitrogens with zero attached hydrogens (tertiary/aromatic N) is 3. The zero-order chi connectivity index (χ0) is 19.1. The number of carbonyl (C=O) groups excluding carboxylic acids is 2. The molecule has 0 bridgehead atoms. The van der Waals surface area contributed by atoms with Gasteiger partial charge in [-0.05, 0) is 23.3 Å². The minimum absolute atomic E-state index is 0.0109. The lowest BCUT2D eigenvalue weighted by atomic mass is 10.1. The van der Waals surface area contributed by atoms with Gasteiger partial charge in [-0.1, -0.05) is 24.3 Å². The molecule has 2 aromatic rings. The number of nitrogens with two attached hydrogens (primary N) is 1. The van der Waals surface area contributed by atoms with Crippen LogP contribution in [0, 0.1) is 0 Å². The smallest absolute Gasteiger partial charge is 0.320 e. The van der Waals surface area contributed by atoms with Crippen LogP contribution >= 0.6 is 0 Å². The average molecular weight is 368 g/mol. The summed E-state index contributed by atoms with van der Waals surface area (Å²) < 4.78 is 5.35. The fourth-order valence-corrected chi connectivity index (χ4v) is 2.99. The molecule has 0 saturated carbocycles. The monoisotopic (exact) mass is 368 g/mol. The van der Waals surface area contributed by atoms with E-state index in [4.69, 9.17) is 10.5 Å². The van der Waals surface area contributed by atoms with Crippen molar-refractivity contribution in [3.8, 4) is 0 Å². The van der Waals surface area contributed by atoms with Crippen LogP contribution in [0.2, 0.25) is 0 Å². The minimum atomic E-state index is -0.0976. The predicted molar refractivity (Wildman–Crippen MR) is 101 cm³/mol. The second-order valence-electron chi connectivity index (χ2n) is 6.42. The topological polar surface area (TPSA) is 88.8 Å². The number of morpholine rings is 1. The van der Waals surface area contributed by atoms with Crippen molar-refractivity contribution in [1.82, 2.24) is 14.8 Å².